The minimum absolute atomic E-state index is 0.353. The van der Waals surface area contributed by atoms with Crippen LogP contribution < -0.4 is 0 Å². The second-order valence-corrected chi connectivity index (χ2v) is 4.88. The molecule has 0 spiro atoms. The summed E-state index contributed by atoms with van der Waals surface area (Å²) in [6.45, 7) is 2.53. The van der Waals surface area contributed by atoms with E-state index in [1.54, 1.807) is 6.20 Å². The zero-order chi connectivity index (χ0) is 13.0. The molecule has 4 heteroatoms. The van der Waals surface area contributed by atoms with Crippen LogP contribution in [0.25, 0.3) is 0 Å². The standard InChI is InChI=1S/C14H17ClN2O/c1-11-16-8-9-17(11)10-14(18)7-4-12-2-5-13(15)6-3-12/h2-3,5-6,8-9,14,18H,4,7,10H2,1H3. The molecule has 0 saturated heterocycles. The van der Waals surface area contributed by atoms with Crippen LogP contribution in [0, 0.1) is 6.92 Å². The fraction of sp³-hybridized carbons (Fsp3) is 0.357. The summed E-state index contributed by atoms with van der Waals surface area (Å²) in [5, 5.41) is 10.7. The molecule has 0 bridgehead atoms. The van der Waals surface area contributed by atoms with Gasteiger partial charge >= 0.3 is 0 Å². The van der Waals surface area contributed by atoms with Crippen LogP contribution in [-0.2, 0) is 13.0 Å². The Balaban J connectivity index is 1.83. The maximum atomic E-state index is 9.99. The smallest absolute Gasteiger partial charge is 0.105 e. The molecule has 2 aromatic rings. The molecule has 0 aliphatic carbocycles. The number of halogens is 1. The van der Waals surface area contributed by atoms with E-state index in [-0.39, 0.29) is 6.10 Å². The Labute approximate surface area is 112 Å². The van der Waals surface area contributed by atoms with E-state index in [1.807, 2.05) is 42.0 Å². The first-order valence-electron chi connectivity index (χ1n) is 6.05. The third-order valence-electron chi connectivity index (χ3n) is 3.01. The van der Waals surface area contributed by atoms with Gasteiger partial charge in [0.15, 0.2) is 0 Å². The summed E-state index contributed by atoms with van der Waals surface area (Å²) in [4.78, 5) is 4.13. The first-order valence-corrected chi connectivity index (χ1v) is 6.43. The summed E-state index contributed by atoms with van der Waals surface area (Å²) < 4.78 is 1.96. The normalized spacial score (nSPS) is 12.6. The quantitative estimate of drug-likeness (QED) is 0.902. The molecule has 1 aromatic carbocycles. The van der Waals surface area contributed by atoms with Crippen LogP contribution >= 0.6 is 11.6 Å². The van der Waals surface area contributed by atoms with Gasteiger partial charge in [-0.1, -0.05) is 23.7 Å². The molecule has 96 valence electrons. The Morgan fingerprint density at radius 3 is 2.67 bits per heavy atom. The Morgan fingerprint density at radius 2 is 2.06 bits per heavy atom. The lowest BCUT2D eigenvalue weighted by molar-refractivity contribution is 0.144. The molecule has 1 unspecified atom stereocenters. The summed E-state index contributed by atoms with van der Waals surface area (Å²) in [5.74, 6) is 0.931. The van der Waals surface area contributed by atoms with Crippen molar-refractivity contribution in [1.29, 1.82) is 0 Å². The summed E-state index contributed by atoms with van der Waals surface area (Å²) in [7, 11) is 0. The van der Waals surface area contributed by atoms with Crippen molar-refractivity contribution in [2.45, 2.75) is 32.4 Å². The third-order valence-corrected chi connectivity index (χ3v) is 3.26. The van der Waals surface area contributed by atoms with E-state index in [1.165, 1.54) is 5.56 Å². The molecular formula is C14H17ClN2O. The van der Waals surface area contributed by atoms with Gasteiger partial charge in [0, 0.05) is 24.0 Å². The average molecular weight is 265 g/mol. The minimum atomic E-state index is -0.353. The zero-order valence-electron chi connectivity index (χ0n) is 10.4. The van der Waals surface area contributed by atoms with Crippen molar-refractivity contribution < 1.29 is 5.11 Å². The number of benzene rings is 1. The van der Waals surface area contributed by atoms with Crippen LogP contribution in [0.3, 0.4) is 0 Å². The van der Waals surface area contributed by atoms with E-state index in [4.69, 9.17) is 11.6 Å². The number of aliphatic hydroxyl groups is 1. The first kappa shape index (κ1) is 13.1. The zero-order valence-corrected chi connectivity index (χ0v) is 11.1. The van der Waals surface area contributed by atoms with Gasteiger partial charge < -0.3 is 9.67 Å². The number of aryl methyl sites for hydroxylation is 2. The van der Waals surface area contributed by atoms with E-state index >= 15 is 0 Å². The number of aliphatic hydroxyl groups excluding tert-OH is 1. The molecule has 0 radical (unpaired) electrons. The molecule has 0 aliphatic rings. The lowest BCUT2D eigenvalue weighted by atomic mass is 10.1. The van der Waals surface area contributed by atoms with Gasteiger partial charge in [-0.15, -0.1) is 0 Å². The summed E-state index contributed by atoms with van der Waals surface area (Å²) in [6, 6.07) is 7.75. The van der Waals surface area contributed by atoms with E-state index < -0.39 is 0 Å². The molecule has 0 aliphatic heterocycles. The number of rotatable bonds is 5. The van der Waals surface area contributed by atoms with Crippen LogP contribution in [-0.4, -0.2) is 20.8 Å². The Kier molecular flexibility index (Phi) is 4.39. The van der Waals surface area contributed by atoms with Gasteiger partial charge in [-0.05, 0) is 37.5 Å². The highest BCUT2D eigenvalue weighted by Crippen LogP contribution is 2.12. The molecule has 1 atom stereocenters. The summed E-state index contributed by atoms with van der Waals surface area (Å²) in [6.07, 6.45) is 4.88. The number of aromatic nitrogens is 2. The molecule has 1 N–H and O–H groups in total. The van der Waals surface area contributed by atoms with Gasteiger partial charge in [0.05, 0.1) is 6.10 Å². The lowest BCUT2D eigenvalue weighted by Crippen LogP contribution is -2.17. The topological polar surface area (TPSA) is 38.0 Å². The lowest BCUT2D eigenvalue weighted by Gasteiger charge is -2.12. The maximum Gasteiger partial charge on any atom is 0.105 e. The average Bonchev–Trinajstić information content (AvgIpc) is 2.74. The van der Waals surface area contributed by atoms with Crippen molar-refractivity contribution in [2.75, 3.05) is 0 Å². The minimum Gasteiger partial charge on any atom is -0.391 e. The highest BCUT2D eigenvalue weighted by molar-refractivity contribution is 6.30. The van der Waals surface area contributed by atoms with E-state index in [2.05, 4.69) is 4.98 Å². The molecular weight excluding hydrogens is 248 g/mol. The highest BCUT2D eigenvalue weighted by atomic mass is 35.5. The molecule has 18 heavy (non-hydrogen) atoms. The van der Waals surface area contributed by atoms with Crippen LogP contribution in [0.15, 0.2) is 36.7 Å². The molecule has 3 nitrogen and oxygen atoms in total. The second kappa shape index (κ2) is 6.03. The SMILES string of the molecule is Cc1nccn1CC(O)CCc1ccc(Cl)cc1. The largest absolute Gasteiger partial charge is 0.391 e. The van der Waals surface area contributed by atoms with Crippen molar-refractivity contribution in [3.8, 4) is 0 Å². The van der Waals surface area contributed by atoms with Crippen LogP contribution in [0.4, 0.5) is 0 Å². The van der Waals surface area contributed by atoms with Gasteiger partial charge in [0.1, 0.15) is 5.82 Å². The Hall–Kier alpha value is -1.32. The summed E-state index contributed by atoms with van der Waals surface area (Å²) in [5.41, 5.74) is 1.20. The van der Waals surface area contributed by atoms with Crippen LogP contribution in [0.2, 0.25) is 5.02 Å². The molecule has 1 aromatic heterocycles. The Bertz CT molecular complexity index is 493. The van der Waals surface area contributed by atoms with Crippen molar-refractivity contribution in [2.24, 2.45) is 0 Å². The molecule has 0 fully saturated rings. The van der Waals surface area contributed by atoms with Gasteiger partial charge in [0.2, 0.25) is 0 Å². The van der Waals surface area contributed by atoms with Crippen molar-refractivity contribution in [1.82, 2.24) is 9.55 Å². The summed E-state index contributed by atoms with van der Waals surface area (Å²) >= 11 is 5.83. The maximum absolute atomic E-state index is 9.99. The van der Waals surface area contributed by atoms with Crippen molar-refractivity contribution in [3.63, 3.8) is 0 Å². The van der Waals surface area contributed by atoms with Gasteiger partial charge in [-0.3, -0.25) is 0 Å². The van der Waals surface area contributed by atoms with Crippen molar-refractivity contribution >= 4 is 11.6 Å². The predicted octanol–water partition coefficient (Wildman–Crippen LogP) is 2.84. The van der Waals surface area contributed by atoms with Gasteiger partial charge in [-0.25, -0.2) is 4.98 Å². The van der Waals surface area contributed by atoms with Gasteiger partial charge in [-0.2, -0.15) is 0 Å². The fourth-order valence-electron chi connectivity index (χ4n) is 1.90. The number of hydrogen-bond donors (Lipinski definition) is 1. The third kappa shape index (κ3) is 3.59. The van der Waals surface area contributed by atoms with Crippen LogP contribution in [0.1, 0.15) is 17.8 Å². The van der Waals surface area contributed by atoms with E-state index in [0.29, 0.717) is 6.54 Å². The highest BCUT2D eigenvalue weighted by Gasteiger charge is 2.07. The Morgan fingerprint density at radius 1 is 1.33 bits per heavy atom. The van der Waals surface area contributed by atoms with E-state index in [9.17, 15) is 5.11 Å². The molecule has 0 amide bonds. The number of hydrogen-bond acceptors (Lipinski definition) is 2. The molecule has 2 rings (SSSR count). The monoisotopic (exact) mass is 264 g/mol. The first-order chi connectivity index (χ1) is 8.65. The number of imidazole rings is 1. The van der Waals surface area contributed by atoms with Crippen molar-refractivity contribution in [3.05, 3.63) is 53.1 Å². The predicted molar refractivity (Wildman–Crippen MR) is 72.7 cm³/mol. The molecule has 1 heterocycles. The fourth-order valence-corrected chi connectivity index (χ4v) is 2.03. The number of nitrogens with zero attached hydrogens (tertiary/aromatic N) is 2. The van der Waals surface area contributed by atoms with Gasteiger partial charge in [0.25, 0.3) is 0 Å². The second-order valence-electron chi connectivity index (χ2n) is 4.45. The van der Waals surface area contributed by atoms with E-state index in [0.717, 1.165) is 23.7 Å². The molecule has 0 saturated carbocycles. The van der Waals surface area contributed by atoms with Crippen LogP contribution in [0.5, 0.6) is 0 Å².